The fourth-order valence-electron chi connectivity index (χ4n) is 3.48. The summed E-state index contributed by atoms with van der Waals surface area (Å²) in [5.41, 5.74) is 6.36. The Hall–Kier alpha value is -3.70. The van der Waals surface area contributed by atoms with E-state index in [1.807, 2.05) is 36.4 Å². The van der Waals surface area contributed by atoms with Crippen LogP contribution in [0.2, 0.25) is 0 Å². The van der Waals surface area contributed by atoms with E-state index in [1.165, 1.54) is 21.9 Å². The molecule has 0 aliphatic carbocycles. The lowest BCUT2D eigenvalue weighted by molar-refractivity contribution is 0.922. The molecule has 0 heterocycles. The summed E-state index contributed by atoms with van der Waals surface area (Å²) in [7, 11) is 0. The van der Waals surface area contributed by atoms with Crippen molar-refractivity contribution in [3.63, 3.8) is 0 Å². The van der Waals surface area contributed by atoms with Crippen LogP contribution in [0.3, 0.4) is 0 Å². The maximum atomic E-state index is 4.34. The summed E-state index contributed by atoms with van der Waals surface area (Å²) in [6, 6.07) is 29.1. The van der Waals surface area contributed by atoms with Gasteiger partial charge in [0, 0.05) is 11.1 Å². The first-order valence-electron chi connectivity index (χ1n) is 10.9. The van der Waals surface area contributed by atoms with E-state index in [0.717, 1.165) is 41.8 Å². The largest absolute Gasteiger partial charge is 0.151 e. The number of nitrogens with zero attached hydrogens (tertiary/aromatic N) is 2. The van der Waals surface area contributed by atoms with Crippen molar-refractivity contribution in [3.05, 3.63) is 107 Å². The van der Waals surface area contributed by atoms with Gasteiger partial charge < -0.3 is 0 Å². The van der Waals surface area contributed by atoms with Crippen LogP contribution < -0.4 is 0 Å². The van der Waals surface area contributed by atoms with Gasteiger partial charge in [-0.1, -0.05) is 68.5 Å². The first-order chi connectivity index (χ1) is 15.2. The fraction of sp³-hybridized carbons (Fsp3) is 0.172. The average molecular weight is 403 g/mol. The molecule has 0 unspecified atom stereocenters. The summed E-state index contributed by atoms with van der Waals surface area (Å²) in [6.07, 6.45) is 3.30. The molecule has 0 N–H and O–H groups in total. The second-order valence-corrected chi connectivity index (χ2v) is 7.66. The first kappa shape index (κ1) is 20.6. The minimum Gasteiger partial charge on any atom is -0.151 e. The van der Waals surface area contributed by atoms with Gasteiger partial charge in [0.15, 0.2) is 0 Å². The van der Waals surface area contributed by atoms with E-state index in [1.54, 1.807) is 0 Å². The summed E-state index contributed by atoms with van der Waals surface area (Å²) in [5.74, 6) is 6.52. The van der Waals surface area contributed by atoms with E-state index in [4.69, 9.17) is 0 Å². The number of rotatable bonds is 5. The predicted octanol–water partition coefficient (Wildman–Crippen LogP) is 8.17. The van der Waals surface area contributed by atoms with Gasteiger partial charge in [-0.05, 0) is 83.3 Å². The standard InChI is InChI=1S/C29H26N2/c1-3-5-23-10-16-28(17-11-23)30-31-29-18-12-24(13-19-29)6-7-25-9-15-26-20-22(4-2)8-14-27(26)21-25/h8-21H,3-5H2,1-2H3. The van der Waals surface area contributed by atoms with Crippen molar-refractivity contribution in [2.24, 2.45) is 10.2 Å². The molecule has 0 saturated heterocycles. The highest BCUT2D eigenvalue weighted by Crippen LogP contribution is 2.20. The van der Waals surface area contributed by atoms with Crippen LogP contribution >= 0.6 is 0 Å². The molecule has 0 bridgehead atoms. The normalized spacial score (nSPS) is 10.9. The molecule has 2 heteroatoms. The van der Waals surface area contributed by atoms with Crippen LogP contribution in [-0.4, -0.2) is 0 Å². The van der Waals surface area contributed by atoms with Crippen LogP contribution in [0.15, 0.2) is 95.2 Å². The fourth-order valence-corrected chi connectivity index (χ4v) is 3.48. The molecule has 0 aliphatic rings. The SMILES string of the molecule is CCCc1ccc(N=Nc2ccc(C#Cc3ccc4cc(CC)ccc4c3)cc2)cc1. The van der Waals surface area contributed by atoms with Gasteiger partial charge >= 0.3 is 0 Å². The highest BCUT2D eigenvalue weighted by molar-refractivity contribution is 5.84. The maximum absolute atomic E-state index is 4.34. The second kappa shape index (κ2) is 9.87. The molecule has 4 aromatic rings. The Bertz CT molecular complexity index is 1250. The zero-order valence-electron chi connectivity index (χ0n) is 18.1. The van der Waals surface area contributed by atoms with Crippen LogP contribution in [0.5, 0.6) is 0 Å². The van der Waals surface area contributed by atoms with E-state index in [0.29, 0.717) is 0 Å². The van der Waals surface area contributed by atoms with Crippen LogP contribution in [-0.2, 0) is 12.8 Å². The Morgan fingerprint density at radius 1 is 0.581 bits per heavy atom. The third kappa shape index (κ3) is 5.47. The van der Waals surface area contributed by atoms with E-state index in [-0.39, 0.29) is 0 Å². The van der Waals surface area contributed by atoms with Crippen molar-refractivity contribution in [1.82, 2.24) is 0 Å². The van der Waals surface area contributed by atoms with Crippen molar-refractivity contribution in [3.8, 4) is 11.8 Å². The third-order valence-corrected chi connectivity index (χ3v) is 5.29. The zero-order valence-corrected chi connectivity index (χ0v) is 18.1. The topological polar surface area (TPSA) is 24.7 Å². The smallest absolute Gasteiger partial charge is 0.0857 e. The molecular formula is C29H26N2. The Kier molecular flexibility index (Phi) is 6.55. The third-order valence-electron chi connectivity index (χ3n) is 5.29. The van der Waals surface area contributed by atoms with Crippen molar-refractivity contribution in [2.45, 2.75) is 33.1 Å². The summed E-state index contributed by atoms with van der Waals surface area (Å²) in [6.45, 7) is 4.36. The molecule has 4 aromatic carbocycles. The first-order valence-corrected chi connectivity index (χ1v) is 10.9. The quantitative estimate of drug-likeness (QED) is 0.237. The molecule has 0 atom stereocenters. The van der Waals surface area contributed by atoms with Gasteiger partial charge in [0.05, 0.1) is 11.4 Å². The van der Waals surface area contributed by atoms with Crippen LogP contribution in [0, 0.1) is 11.8 Å². The Labute approximate surface area is 184 Å². The molecular weight excluding hydrogens is 376 g/mol. The van der Waals surface area contributed by atoms with E-state index < -0.39 is 0 Å². The Balaban J connectivity index is 1.44. The molecule has 0 aliphatic heterocycles. The molecule has 152 valence electrons. The highest BCUT2D eigenvalue weighted by atomic mass is 15.1. The molecule has 0 aromatic heterocycles. The molecule has 0 spiro atoms. The number of aryl methyl sites for hydroxylation is 2. The average Bonchev–Trinajstić information content (AvgIpc) is 2.82. The van der Waals surface area contributed by atoms with Crippen molar-refractivity contribution < 1.29 is 0 Å². The van der Waals surface area contributed by atoms with E-state index in [2.05, 4.69) is 84.4 Å². The highest BCUT2D eigenvalue weighted by Gasteiger charge is 1.97. The number of benzene rings is 4. The van der Waals surface area contributed by atoms with Gasteiger partial charge in [-0.25, -0.2) is 0 Å². The lowest BCUT2D eigenvalue weighted by atomic mass is 10.0. The number of hydrogen-bond donors (Lipinski definition) is 0. The van der Waals surface area contributed by atoms with Gasteiger partial charge in [0.2, 0.25) is 0 Å². The molecule has 0 radical (unpaired) electrons. The van der Waals surface area contributed by atoms with Crippen LogP contribution in [0.25, 0.3) is 10.8 Å². The van der Waals surface area contributed by atoms with Crippen molar-refractivity contribution >= 4 is 22.1 Å². The molecule has 2 nitrogen and oxygen atoms in total. The molecule has 4 rings (SSSR count). The van der Waals surface area contributed by atoms with Gasteiger partial charge in [0.1, 0.15) is 0 Å². The summed E-state index contributed by atoms with van der Waals surface area (Å²) < 4.78 is 0. The van der Waals surface area contributed by atoms with Gasteiger partial charge in [-0.3, -0.25) is 0 Å². The molecule has 0 amide bonds. The van der Waals surface area contributed by atoms with Crippen LogP contribution in [0.4, 0.5) is 11.4 Å². The Morgan fingerprint density at radius 3 is 1.81 bits per heavy atom. The predicted molar refractivity (Wildman–Crippen MR) is 130 cm³/mol. The van der Waals surface area contributed by atoms with Crippen LogP contribution in [0.1, 0.15) is 42.5 Å². The summed E-state index contributed by atoms with van der Waals surface area (Å²) in [4.78, 5) is 0. The lowest BCUT2D eigenvalue weighted by Crippen LogP contribution is -1.82. The van der Waals surface area contributed by atoms with E-state index >= 15 is 0 Å². The monoisotopic (exact) mass is 402 g/mol. The second-order valence-electron chi connectivity index (χ2n) is 7.66. The van der Waals surface area contributed by atoms with Gasteiger partial charge in [0.25, 0.3) is 0 Å². The zero-order chi connectivity index (χ0) is 21.5. The lowest BCUT2D eigenvalue weighted by Gasteiger charge is -2.01. The molecule has 0 saturated carbocycles. The molecule has 0 fully saturated rings. The maximum Gasteiger partial charge on any atom is 0.0857 e. The van der Waals surface area contributed by atoms with Gasteiger partial charge in [-0.2, -0.15) is 10.2 Å². The number of azo groups is 1. The number of hydrogen-bond acceptors (Lipinski definition) is 2. The summed E-state index contributed by atoms with van der Waals surface area (Å²) in [5, 5.41) is 11.2. The van der Waals surface area contributed by atoms with E-state index in [9.17, 15) is 0 Å². The van der Waals surface area contributed by atoms with Crippen molar-refractivity contribution in [2.75, 3.05) is 0 Å². The van der Waals surface area contributed by atoms with Crippen molar-refractivity contribution in [1.29, 1.82) is 0 Å². The number of fused-ring (bicyclic) bond motifs is 1. The Morgan fingerprint density at radius 2 is 1.13 bits per heavy atom. The molecule has 31 heavy (non-hydrogen) atoms. The minimum absolute atomic E-state index is 0.820. The summed E-state index contributed by atoms with van der Waals surface area (Å²) >= 11 is 0. The minimum atomic E-state index is 0.820. The van der Waals surface area contributed by atoms with Gasteiger partial charge in [-0.15, -0.1) is 0 Å².